The van der Waals surface area contributed by atoms with Gasteiger partial charge in [0.25, 0.3) is 5.91 Å². The number of aromatic nitrogens is 4. The largest absolute Gasteiger partial charge is 0.480 e. The van der Waals surface area contributed by atoms with Crippen LogP contribution in [0.1, 0.15) is 41.0 Å². The summed E-state index contributed by atoms with van der Waals surface area (Å²) in [5.41, 5.74) is -0.290. The Morgan fingerprint density at radius 3 is 2.44 bits per heavy atom. The van der Waals surface area contributed by atoms with Crippen molar-refractivity contribution in [3.8, 4) is 11.7 Å². The number of nitrogens with zero attached hydrogens (tertiary/aromatic N) is 4. The lowest BCUT2D eigenvalue weighted by atomic mass is 10.1. The van der Waals surface area contributed by atoms with Crippen molar-refractivity contribution in [3.63, 3.8) is 0 Å². The lowest BCUT2D eigenvalue weighted by Crippen LogP contribution is -2.27. The third-order valence-corrected chi connectivity index (χ3v) is 4.46. The smallest absolute Gasteiger partial charge is 0.434 e. The van der Waals surface area contributed by atoms with Gasteiger partial charge in [-0.25, -0.2) is 4.68 Å². The maximum Gasteiger partial charge on any atom is 0.434 e. The number of methoxy groups -OCH3 is 1. The maximum atomic E-state index is 13.8. The Bertz CT molecular complexity index is 1070. The summed E-state index contributed by atoms with van der Waals surface area (Å²) in [4.78, 5) is 12.7. The SMILES string of the molecule is COc1ccc(-n2ncc(C(=O)NCc3ccccc3COC(C)C)c2C(F)(F)F)nn1. The first kappa shape index (κ1) is 23.2. The number of carbonyl (C=O) groups is 1. The van der Waals surface area contributed by atoms with Crippen LogP contribution in [0.3, 0.4) is 0 Å². The number of carbonyl (C=O) groups excluding carboxylic acids is 1. The summed E-state index contributed by atoms with van der Waals surface area (Å²) in [5, 5.41) is 13.6. The molecule has 0 radical (unpaired) electrons. The summed E-state index contributed by atoms with van der Waals surface area (Å²) in [6.45, 7) is 4.15. The molecule has 1 aromatic carbocycles. The molecule has 3 rings (SSSR count). The fraction of sp³-hybridized carbons (Fsp3) is 0.333. The average molecular weight is 449 g/mol. The van der Waals surface area contributed by atoms with E-state index >= 15 is 0 Å². The molecule has 2 heterocycles. The molecule has 0 saturated carbocycles. The van der Waals surface area contributed by atoms with E-state index in [2.05, 4.69) is 20.6 Å². The summed E-state index contributed by atoms with van der Waals surface area (Å²) >= 11 is 0. The normalized spacial score (nSPS) is 11.6. The minimum Gasteiger partial charge on any atom is -0.480 e. The lowest BCUT2D eigenvalue weighted by Gasteiger charge is -2.14. The number of hydrogen-bond acceptors (Lipinski definition) is 6. The molecule has 0 bridgehead atoms. The second-order valence-electron chi connectivity index (χ2n) is 7.06. The van der Waals surface area contributed by atoms with Crippen molar-refractivity contribution in [3.05, 3.63) is 65.0 Å². The standard InChI is InChI=1S/C21H22F3N5O3/c1-13(2)32-12-15-7-5-4-6-14(15)10-25-20(30)16-11-26-29(19(16)21(22,23)24)17-8-9-18(31-3)28-27-17/h4-9,11,13H,10,12H2,1-3H3,(H,25,30). The second kappa shape index (κ2) is 9.77. The number of halogens is 3. The van der Waals surface area contributed by atoms with E-state index in [1.165, 1.54) is 19.2 Å². The summed E-state index contributed by atoms with van der Waals surface area (Å²) in [7, 11) is 1.36. The molecule has 0 aliphatic heterocycles. The first-order valence-electron chi connectivity index (χ1n) is 9.70. The third kappa shape index (κ3) is 5.41. The van der Waals surface area contributed by atoms with E-state index in [0.717, 1.165) is 17.3 Å². The van der Waals surface area contributed by atoms with Gasteiger partial charge in [-0.15, -0.1) is 10.2 Å². The Morgan fingerprint density at radius 1 is 1.12 bits per heavy atom. The van der Waals surface area contributed by atoms with Crippen molar-refractivity contribution in [1.82, 2.24) is 25.3 Å². The van der Waals surface area contributed by atoms with Crippen LogP contribution in [0.5, 0.6) is 5.88 Å². The lowest BCUT2D eigenvalue weighted by molar-refractivity contribution is -0.143. The fourth-order valence-corrected chi connectivity index (χ4v) is 2.89. The van der Waals surface area contributed by atoms with Crippen molar-refractivity contribution < 1.29 is 27.4 Å². The Hall–Kier alpha value is -3.47. The maximum absolute atomic E-state index is 13.8. The highest BCUT2D eigenvalue weighted by atomic mass is 19.4. The minimum absolute atomic E-state index is 0.0129. The van der Waals surface area contributed by atoms with E-state index in [-0.39, 0.29) is 24.3 Å². The molecular formula is C21H22F3N5O3. The van der Waals surface area contributed by atoms with Gasteiger partial charge in [0.15, 0.2) is 11.5 Å². The Balaban J connectivity index is 1.84. The molecule has 0 aliphatic rings. The van der Waals surface area contributed by atoms with Crippen molar-refractivity contribution >= 4 is 5.91 Å². The van der Waals surface area contributed by atoms with Crippen molar-refractivity contribution in [2.24, 2.45) is 0 Å². The highest BCUT2D eigenvalue weighted by molar-refractivity contribution is 5.95. The fourth-order valence-electron chi connectivity index (χ4n) is 2.89. The molecule has 32 heavy (non-hydrogen) atoms. The average Bonchev–Trinajstić information content (AvgIpc) is 3.22. The van der Waals surface area contributed by atoms with Crippen LogP contribution in [0.15, 0.2) is 42.6 Å². The Kier molecular flexibility index (Phi) is 7.08. The molecule has 0 atom stereocenters. The molecule has 0 aliphatic carbocycles. The van der Waals surface area contributed by atoms with Gasteiger partial charge in [-0.2, -0.15) is 18.3 Å². The highest BCUT2D eigenvalue weighted by Crippen LogP contribution is 2.33. The molecule has 0 saturated heterocycles. The number of benzene rings is 1. The predicted octanol–water partition coefficient (Wildman–Crippen LogP) is 3.54. The zero-order valence-electron chi connectivity index (χ0n) is 17.7. The number of alkyl halides is 3. The topological polar surface area (TPSA) is 91.2 Å². The molecule has 1 N–H and O–H groups in total. The zero-order chi connectivity index (χ0) is 23.3. The zero-order valence-corrected chi connectivity index (χ0v) is 17.7. The van der Waals surface area contributed by atoms with Crippen LogP contribution >= 0.6 is 0 Å². The van der Waals surface area contributed by atoms with Crippen LogP contribution < -0.4 is 10.1 Å². The second-order valence-corrected chi connectivity index (χ2v) is 7.06. The van der Waals surface area contributed by atoms with Crippen LogP contribution in [-0.4, -0.2) is 39.1 Å². The van der Waals surface area contributed by atoms with Gasteiger partial charge in [0.05, 0.1) is 31.6 Å². The Morgan fingerprint density at radius 2 is 1.84 bits per heavy atom. The molecular weight excluding hydrogens is 427 g/mol. The number of hydrogen-bond donors (Lipinski definition) is 1. The number of nitrogens with one attached hydrogen (secondary N) is 1. The molecule has 0 fully saturated rings. The number of amides is 1. The van der Waals surface area contributed by atoms with E-state index in [1.807, 2.05) is 26.0 Å². The van der Waals surface area contributed by atoms with Gasteiger partial charge in [-0.3, -0.25) is 4.79 Å². The highest BCUT2D eigenvalue weighted by Gasteiger charge is 2.41. The first-order valence-corrected chi connectivity index (χ1v) is 9.70. The molecule has 170 valence electrons. The summed E-state index contributed by atoms with van der Waals surface area (Å²) in [6.07, 6.45) is -3.98. The quantitative estimate of drug-likeness (QED) is 0.566. The van der Waals surface area contributed by atoms with Crippen molar-refractivity contribution in [2.45, 2.75) is 39.3 Å². The molecule has 0 spiro atoms. The van der Waals surface area contributed by atoms with Crippen LogP contribution in [0.2, 0.25) is 0 Å². The van der Waals surface area contributed by atoms with Gasteiger partial charge >= 0.3 is 6.18 Å². The molecule has 3 aromatic rings. The predicted molar refractivity (Wildman–Crippen MR) is 108 cm³/mol. The minimum atomic E-state index is -4.85. The summed E-state index contributed by atoms with van der Waals surface area (Å²) in [6, 6.07) is 9.83. The van der Waals surface area contributed by atoms with E-state index in [9.17, 15) is 18.0 Å². The molecule has 1 amide bonds. The molecule has 11 heteroatoms. The van der Waals surface area contributed by atoms with E-state index in [1.54, 1.807) is 12.1 Å². The van der Waals surface area contributed by atoms with Gasteiger partial charge in [0, 0.05) is 12.6 Å². The van der Waals surface area contributed by atoms with Crippen LogP contribution in [0.4, 0.5) is 13.2 Å². The molecule has 0 unspecified atom stereocenters. The van der Waals surface area contributed by atoms with Crippen molar-refractivity contribution in [1.29, 1.82) is 0 Å². The molecule has 2 aromatic heterocycles. The van der Waals surface area contributed by atoms with Crippen molar-refractivity contribution in [2.75, 3.05) is 7.11 Å². The summed E-state index contributed by atoms with van der Waals surface area (Å²) < 4.78 is 52.4. The number of rotatable bonds is 8. The van der Waals surface area contributed by atoms with Gasteiger partial charge in [0.2, 0.25) is 5.88 Å². The van der Waals surface area contributed by atoms with E-state index < -0.39 is 23.3 Å². The van der Waals surface area contributed by atoms with Gasteiger partial charge in [-0.05, 0) is 31.0 Å². The Labute approximate surface area is 182 Å². The van der Waals surface area contributed by atoms with Crippen LogP contribution in [-0.2, 0) is 24.1 Å². The van der Waals surface area contributed by atoms with E-state index in [4.69, 9.17) is 9.47 Å². The van der Waals surface area contributed by atoms with E-state index in [0.29, 0.717) is 11.3 Å². The molecule has 8 nitrogen and oxygen atoms in total. The van der Waals surface area contributed by atoms with Gasteiger partial charge < -0.3 is 14.8 Å². The first-order chi connectivity index (χ1) is 15.2. The van der Waals surface area contributed by atoms with Crippen LogP contribution in [0, 0.1) is 0 Å². The monoisotopic (exact) mass is 449 g/mol. The van der Waals surface area contributed by atoms with Gasteiger partial charge in [0.1, 0.15) is 0 Å². The number of ether oxygens (including phenoxy) is 2. The summed E-state index contributed by atoms with van der Waals surface area (Å²) in [5.74, 6) is -0.981. The van der Waals surface area contributed by atoms with Crippen LogP contribution in [0.25, 0.3) is 5.82 Å². The third-order valence-electron chi connectivity index (χ3n) is 4.46. The van der Waals surface area contributed by atoms with Gasteiger partial charge in [-0.1, -0.05) is 24.3 Å².